The summed E-state index contributed by atoms with van der Waals surface area (Å²) >= 11 is 1.20. The van der Waals surface area contributed by atoms with Crippen LogP contribution in [0.5, 0.6) is 0 Å². The molecule has 2 heterocycles. The van der Waals surface area contributed by atoms with Crippen molar-refractivity contribution in [1.82, 2.24) is 15.5 Å². The van der Waals surface area contributed by atoms with E-state index in [1.807, 2.05) is 13.0 Å². The highest BCUT2D eigenvalue weighted by Gasteiger charge is 2.25. The molecule has 1 aromatic heterocycles. The lowest BCUT2D eigenvalue weighted by Crippen LogP contribution is -2.41. The minimum atomic E-state index is -1.02. The maximum atomic E-state index is 13.2. The number of piperidine rings is 1. The fraction of sp³-hybridized carbons (Fsp3) is 0.429. The number of nitrogens with one attached hydrogen (secondary N) is 2. The van der Waals surface area contributed by atoms with Gasteiger partial charge >= 0.3 is 0 Å². The van der Waals surface area contributed by atoms with Crippen molar-refractivity contribution >= 4 is 35.1 Å². The van der Waals surface area contributed by atoms with Crippen molar-refractivity contribution in [2.45, 2.75) is 31.2 Å². The van der Waals surface area contributed by atoms with E-state index in [2.05, 4.69) is 25.7 Å². The fourth-order valence-electron chi connectivity index (χ4n) is 3.23. The van der Waals surface area contributed by atoms with Gasteiger partial charge in [-0.2, -0.15) is 0 Å². The molecule has 0 radical (unpaired) electrons. The average molecular weight is 450 g/mol. The number of aromatic nitrogens is 2. The van der Waals surface area contributed by atoms with Gasteiger partial charge in [0.2, 0.25) is 11.8 Å². The van der Waals surface area contributed by atoms with Gasteiger partial charge in [-0.05, 0) is 43.5 Å². The lowest BCUT2D eigenvalue weighted by molar-refractivity contribution is -0.125. The third-order valence-electron chi connectivity index (χ3n) is 4.92. The number of carbonyl (C=O) groups is 2. The zero-order chi connectivity index (χ0) is 22.2. The van der Waals surface area contributed by atoms with E-state index in [0.717, 1.165) is 50.3 Å². The molecule has 0 aliphatic carbocycles. The van der Waals surface area contributed by atoms with Crippen molar-refractivity contribution in [1.29, 1.82) is 0 Å². The molecule has 0 saturated carbocycles. The molecule has 1 aliphatic heterocycles. The first-order valence-corrected chi connectivity index (χ1v) is 11.2. The molecule has 1 aromatic carbocycles. The molecule has 0 atom stereocenters. The number of nitrogens with zero attached hydrogens (tertiary/aromatic N) is 3. The summed E-state index contributed by atoms with van der Waals surface area (Å²) in [5.74, 6) is -1.37. The minimum Gasteiger partial charge on any atom is -0.356 e. The predicted octanol–water partition coefficient (Wildman–Crippen LogP) is 3.23. The first-order valence-electron chi connectivity index (χ1n) is 10.2. The van der Waals surface area contributed by atoms with Crippen LogP contribution in [0.25, 0.3) is 0 Å². The van der Waals surface area contributed by atoms with Crippen molar-refractivity contribution in [2.75, 3.05) is 35.6 Å². The van der Waals surface area contributed by atoms with E-state index in [1.54, 1.807) is 6.07 Å². The highest BCUT2D eigenvalue weighted by atomic mass is 32.2. The molecule has 1 saturated heterocycles. The number of amides is 2. The van der Waals surface area contributed by atoms with Crippen molar-refractivity contribution in [2.24, 2.45) is 5.92 Å². The maximum absolute atomic E-state index is 13.2. The zero-order valence-electron chi connectivity index (χ0n) is 17.2. The molecule has 166 valence electrons. The van der Waals surface area contributed by atoms with Crippen molar-refractivity contribution < 1.29 is 18.4 Å². The molecule has 1 aliphatic rings. The monoisotopic (exact) mass is 449 g/mol. The second-order valence-corrected chi connectivity index (χ2v) is 8.24. The average Bonchev–Trinajstić information content (AvgIpc) is 2.79. The Bertz CT molecular complexity index is 905. The number of benzene rings is 1. The summed E-state index contributed by atoms with van der Waals surface area (Å²) in [7, 11) is 0. The van der Waals surface area contributed by atoms with E-state index < -0.39 is 11.6 Å². The van der Waals surface area contributed by atoms with Gasteiger partial charge in [-0.3, -0.25) is 9.59 Å². The SMILES string of the molecule is CCCNC(=O)C1CCN(c2ccc(SCC(=O)Nc3ccc(F)c(F)c3)nn2)CC1. The van der Waals surface area contributed by atoms with Crippen LogP contribution in [0.15, 0.2) is 35.4 Å². The molecule has 0 spiro atoms. The first-order chi connectivity index (χ1) is 15.0. The van der Waals surface area contributed by atoms with Crippen LogP contribution < -0.4 is 15.5 Å². The number of rotatable bonds is 8. The molecule has 2 amide bonds. The Morgan fingerprint density at radius 3 is 2.55 bits per heavy atom. The molecular formula is C21H25F2N5O2S. The van der Waals surface area contributed by atoms with Gasteiger partial charge in [0.05, 0.1) is 5.75 Å². The van der Waals surface area contributed by atoms with Crippen LogP contribution in [0.3, 0.4) is 0 Å². The van der Waals surface area contributed by atoms with Crippen LogP contribution in [0.1, 0.15) is 26.2 Å². The Morgan fingerprint density at radius 1 is 1.13 bits per heavy atom. The standard InChI is InChI=1S/C21H25F2N5O2S/c1-2-9-24-21(30)14-7-10-28(11-8-14)18-5-6-20(27-26-18)31-13-19(29)25-15-3-4-16(22)17(23)12-15/h3-6,12,14H,2,7-11,13H2,1H3,(H,24,30)(H,25,29). The Hall–Kier alpha value is -2.75. The molecule has 31 heavy (non-hydrogen) atoms. The molecule has 1 fully saturated rings. The van der Waals surface area contributed by atoms with Crippen LogP contribution >= 0.6 is 11.8 Å². The number of hydrogen-bond donors (Lipinski definition) is 2. The van der Waals surface area contributed by atoms with Crippen LogP contribution in [0.2, 0.25) is 0 Å². The number of anilines is 2. The second-order valence-electron chi connectivity index (χ2n) is 7.25. The van der Waals surface area contributed by atoms with Gasteiger partial charge in [0, 0.05) is 37.3 Å². The van der Waals surface area contributed by atoms with Crippen LogP contribution in [0, 0.1) is 17.6 Å². The number of hydrogen-bond acceptors (Lipinski definition) is 6. The Labute approximate surface area is 184 Å². The summed E-state index contributed by atoms with van der Waals surface area (Å²) in [5.41, 5.74) is 0.192. The minimum absolute atomic E-state index is 0.0404. The third kappa shape index (κ3) is 6.61. The van der Waals surface area contributed by atoms with Crippen molar-refractivity contribution in [3.8, 4) is 0 Å². The normalized spacial score (nSPS) is 14.4. The molecule has 2 N–H and O–H groups in total. The van der Waals surface area contributed by atoms with Crippen molar-refractivity contribution in [3.05, 3.63) is 42.0 Å². The third-order valence-corrected chi connectivity index (χ3v) is 5.84. The van der Waals surface area contributed by atoms with Crippen LogP contribution in [-0.2, 0) is 9.59 Å². The summed E-state index contributed by atoms with van der Waals surface area (Å²) in [6.45, 7) is 4.22. The van der Waals surface area contributed by atoms with Gasteiger partial charge in [0.25, 0.3) is 0 Å². The smallest absolute Gasteiger partial charge is 0.234 e. The molecule has 2 aromatic rings. The Balaban J connectivity index is 1.44. The number of carbonyl (C=O) groups excluding carboxylic acids is 2. The lowest BCUT2D eigenvalue weighted by atomic mass is 9.96. The van der Waals surface area contributed by atoms with E-state index >= 15 is 0 Å². The maximum Gasteiger partial charge on any atom is 0.234 e. The van der Waals surface area contributed by atoms with Gasteiger partial charge in [-0.15, -0.1) is 10.2 Å². The van der Waals surface area contributed by atoms with Crippen molar-refractivity contribution in [3.63, 3.8) is 0 Å². The topological polar surface area (TPSA) is 87.2 Å². The van der Waals surface area contributed by atoms with Crippen LogP contribution in [-0.4, -0.2) is 47.4 Å². The molecule has 0 bridgehead atoms. The molecule has 3 rings (SSSR count). The molecule has 0 unspecified atom stereocenters. The summed E-state index contributed by atoms with van der Waals surface area (Å²) < 4.78 is 26.2. The Morgan fingerprint density at radius 2 is 1.90 bits per heavy atom. The predicted molar refractivity (Wildman–Crippen MR) is 116 cm³/mol. The zero-order valence-corrected chi connectivity index (χ0v) is 18.1. The van der Waals surface area contributed by atoms with Gasteiger partial charge in [-0.1, -0.05) is 18.7 Å². The molecular weight excluding hydrogens is 424 g/mol. The van der Waals surface area contributed by atoms with Gasteiger partial charge < -0.3 is 15.5 Å². The lowest BCUT2D eigenvalue weighted by Gasteiger charge is -2.31. The fourth-order valence-corrected chi connectivity index (χ4v) is 3.85. The summed E-state index contributed by atoms with van der Waals surface area (Å²) in [6.07, 6.45) is 2.48. The van der Waals surface area contributed by atoms with E-state index in [9.17, 15) is 18.4 Å². The van der Waals surface area contributed by atoms with E-state index in [1.165, 1.54) is 17.8 Å². The summed E-state index contributed by atoms with van der Waals surface area (Å²) in [5, 5.41) is 14.4. The van der Waals surface area contributed by atoms with E-state index in [0.29, 0.717) is 11.6 Å². The largest absolute Gasteiger partial charge is 0.356 e. The summed E-state index contributed by atoms with van der Waals surface area (Å²) in [6, 6.07) is 6.83. The van der Waals surface area contributed by atoms with Gasteiger partial charge in [0.15, 0.2) is 17.5 Å². The van der Waals surface area contributed by atoms with Gasteiger partial charge in [0.1, 0.15) is 5.03 Å². The second kappa shape index (κ2) is 11.0. The van der Waals surface area contributed by atoms with Crippen LogP contribution in [0.4, 0.5) is 20.3 Å². The van der Waals surface area contributed by atoms with E-state index in [-0.39, 0.29) is 29.2 Å². The summed E-state index contributed by atoms with van der Waals surface area (Å²) in [4.78, 5) is 26.2. The molecule has 7 nitrogen and oxygen atoms in total. The van der Waals surface area contributed by atoms with Gasteiger partial charge in [-0.25, -0.2) is 8.78 Å². The highest BCUT2D eigenvalue weighted by molar-refractivity contribution is 7.99. The highest BCUT2D eigenvalue weighted by Crippen LogP contribution is 2.23. The number of thioether (sulfide) groups is 1. The van der Waals surface area contributed by atoms with E-state index in [4.69, 9.17) is 0 Å². The quantitative estimate of drug-likeness (QED) is 0.602. The Kier molecular flexibility index (Phi) is 8.16. The first kappa shape index (κ1) is 22.9. The molecule has 10 heteroatoms. The number of halogens is 2.